The minimum Gasteiger partial charge on any atom is -0.393 e. The maximum absolute atomic E-state index is 11.9. The van der Waals surface area contributed by atoms with Crippen molar-refractivity contribution in [1.29, 1.82) is 0 Å². The number of carbonyl (C=O) groups excluding carboxylic acids is 1. The van der Waals surface area contributed by atoms with Crippen LogP contribution in [0, 0.1) is 5.92 Å². The summed E-state index contributed by atoms with van der Waals surface area (Å²) in [5.74, 6) is 0.764. The van der Waals surface area contributed by atoms with Crippen molar-refractivity contribution < 1.29 is 9.90 Å². The van der Waals surface area contributed by atoms with Gasteiger partial charge in [-0.2, -0.15) is 0 Å². The third-order valence-electron chi connectivity index (χ3n) is 3.65. The van der Waals surface area contributed by atoms with Crippen LogP contribution in [0.15, 0.2) is 0 Å². The molecule has 0 bridgehead atoms. The highest BCUT2D eigenvalue weighted by Crippen LogP contribution is 2.19. The summed E-state index contributed by atoms with van der Waals surface area (Å²) in [4.78, 5) is 11.9. The van der Waals surface area contributed by atoms with E-state index in [-0.39, 0.29) is 18.1 Å². The molecule has 0 saturated carbocycles. The second-order valence-electron chi connectivity index (χ2n) is 4.95. The molecule has 0 aliphatic carbocycles. The molecule has 3 atom stereocenters. The Morgan fingerprint density at radius 1 is 1.53 bits per heavy atom. The monoisotopic (exact) mass is 242 g/mol. The molecule has 0 aromatic heterocycles. The Hall–Kier alpha value is -0.610. The van der Waals surface area contributed by atoms with E-state index in [9.17, 15) is 9.90 Å². The van der Waals surface area contributed by atoms with Gasteiger partial charge in [0.25, 0.3) is 0 Å². The molecule has 4 nitrogen and oxygen atoms in total. The minimum atomic E-state index is -0.294. The fourth-order valence-electron chi connectivity index (χ4n) is 2.26. The molecule has 0 spiro atoms. The first-order chi connectivity index (χ1) is 8.17. The van der Waals surface area contributed by atoms with E-state index >= 15 is 0 Å². The SMILES string of the molecule is CCC(O)CCNC(=O)C1CC(CC)CCN1. The molecule has 100 valence electrons. The molecule has 1 heterocycles. The van der Waals surface area contributed by atoms with Crippen LogP contribution in [0.3, 0.4) is 0 Å². The Labute approximate surface area is 104 Å². The third kappa shape index (κ3) is 5.04. The molecule has 3 N–H and O–H groups in total. The van der Waals surface area contributed by atoms with Crippen molar-refractivity contribution >= 4 is 5.91 Å². The zero-order valence-electron chi connectivity index (χ0n) is 11.0. The number of carbonyl (C=O) groups is 1. The first-order valence-corrected chi connectivity index (χ1v) is 6.86. The fourth-order valence-corrected chi connectivity index (χ4v) is 2.26. The number of piperidine rings is 1. The van der Waals surface area contributed by atoms with Crippen molar-refractivity contribution in [1.82, 2.24) is 10.6 Å². The summed E-state index contributed by atoms with van der Waals surface area (Å²) in [7, 11) is 0. The summed E-state index contributed by atoms with van der Waals surface area (Å²) in [5.41, 5.74) is 0. The normalized spacial score (nSPS) is 26.5. The number of hydrogen-bond donors (Lipinski definition) is 3. The molecule has 0 aromatic carbocycles. The van der Waals surface area contributed by atoms with Crippen LogP contribution in [-0.2, 0) is 4.79 Å². The molecule has 1 aliphatic heterocycles. The average Bonchev–Trinajstić information content (AvgIpc) is 2.38. The van der Waals surface area contributed by atoms with Gasteiger partial charge in [0.1, 0.15) is 0 Å². The van der Waals surface area contributed by atoms with Crippen LogP contribution in [0.4, 0.5) is 0 Å². The second kappa shape index (κ2) is 7.67. The Morgan fingerprint density at radius 2 is 2.29 bits per heavy atom. The van der Waals surface area contributed by atoms with Gasteiger partial charge in [-0.05, 0) is 38.1 Å². The predicted octanol–water partition coefficient (Wildman–Crippen LogP) is 1.04. The topological polar surface area (TPSA) is 61.4 Å². The summed E-state index contributed by atoms with van der Waals surface area (Å²) < 4.78 is 0. The standard InChI is InChI=1S/C13H26N2O2/c1-3-10-5-7-14-12(9-10)13(17)15-8-6-11(16)4-2/h10-12,14,16H,3-9H2,1-2H3,(H,15,17). The van der Waals surface area contributed by atoms with E-state index in [0.717, 1.165) is 25.8 Å². The zero-order chi connectivity index (χ0) is 12.7. The first kappa shape index (κ1) is 14.5. The summed E-state index contributed by atoms with van der Waals surface area (Å²) >= 11 is 0. The lowest BCUT2D eigenvalue weighted by molar-refractivity contribution is -0.124. The molecule has 1 rings (SSSR count). The van der Waals surface area contributed by atoms with Gasteiger partial charge in [0.05, 0.1) is 12.1 Å². The van der Waals surface area contributed by atoms with E-state index < -0.39 is 0 Å². The molecular formula is C13H26N2O2. The third-order valence-corrected chi connectivity index (χ3v) is 3.65. The highest BCUT2D eigenvalue weighted by atomic mass is 16.3. The van der Waals surface area contributed by atoms with Gasteiger partial charge in [-0.1, -0.05) is 20.3 Å². The van der Waals surface area contributed by atoms with Gasteiger partial charge >= 0.3 is 0 Å². The van der Waals surface area contributed by atoms with Crippen LogP contribution in [0.1, 0.15) is 46.0 Å². The lowest BCUT2D eigenvalue weighted by Crippen LogP contribution is -2.49. The molecule has 3 unspecified atom stereocenters. The van der Waals surface area contributed by atoms with E-state index in [1.165, 1.54) is 6.42 Å². The van der Waals surface area contributed by atoms with Crippen LogP contribution in [-0.4, -0.2) is 36.2 Å². The highest BCUT2D eigenvalue weighted by molar-refractivity contribution is 5.81. The predicted molar refractivity (Wildman–Crippen MR) is 68.7 cm³/mol. The van der Waals surface area contributed by atoms with E-state index in [4.69, 9.17) is 0 Å². The van der Waals surface area contributed by atoms with E-state index in [2.05, 4.69) is 17.6 Å². The number of nitrogens with one attached hydrogen (secondary N) is 2. The molecule has 17 heavy (non-hydrogen) atoms. The maximum Gasteiger partial charge on any atom is 0.237 e. The van der Waals surface area contributed by atoms with Crippen molar-refractivity contribution in [3.63, 3.8) is 0 Å². The second-order valence-corrected chi connectivity index (χ2v) is 4.95. The Morgan fingerprint density at radius 3 is 2.94 bits per heavy atom. The quantitative estimate of drug-likeness (QED) is 0.652. The lowest BCUT2D eigenvalue weighted by Gasteiger charge is -2.28. The summed E-state index contributed by atoms with van der Waals surface area (Å²) in [6.07, 6.45) is 4.37. The van der Waals surface area contributed by atoms with Crippen LogP contribution >= 0.6 is 0 Å². The Bertz CT molecular complexity index is 233. The molecule has 0 aromatic rings. The van der Waals surface area contributed by atoms with Gasteiger partial charge < -0.3 is 15.7 Å². The number of aliphatic hydroxyl groups excluding tert-OH is 1. The summed E-state index contributed by atoms with van der Waals surface area (Å²) in [6, 6.07) is -0.0348. The van der Waals surface area contributed by atoms with Gasteiger partial charge in [-0.3, -0.25) is 4.79 Å². The van der Waals surface area contributed by atoms with Gasteiger partial charge in [0, 0.05) is 6.54 Å². The van der Waals surface area contributed by atoms with Crippen molar-refractivity contribution in [2.45, 2.75) is 58.1 Å². The number of aliphatic hydroxyl groups is 1. The molecule has 1 saturated heterocycles. The van der Waals surface area contributed by atoms with E-state index in [1.807, 2.05) is 6.92 Å². The number of rotatable bonds is 6. The van der Waals surface area contributed by atoms with E-state index in [0.29, 0.717) is 18.9 Å². The molecule has 1 amide bonds. The number of amides is 1. The van der Waals surface area contributed by atoms with Crippen LogP contribution < -0.4 is 10.6 Å². The molecule has 1 fully saturated rings. The maximum atomic E-state index is 11.9. The zero-order valence-corrected chi connectivity index (χ0v) is 11.0. The summed E-state index contributed by atoms with van der Waals surface area (Å²) in [5, 5.41) is 15.6. The lowest BCUT2D eigenvalue weighted by atomic mass is 9.90. The molecule has 1 aliphatic rings. The van der Waals surface area contributed by atoms with Gasteiger partial charge in [-0.15, -0.1) is 0 Å². The molecule has 0 radical (unpaired) electrons. The van der Waals surface area contributed by atoms with Crippen LogP contribution in [0.25, 0.3) is 0 Å². The fraction of sp³-hybridized carbons (Fsp3) is 0.923. The van der Waals surface area contributed by atoms with Crippen molar-refractivity contribution in [2.24, 2.45) is 5.92 Å². The van der Waals surface area contributed by atoms with Crippen molar-refractivity contribution in [3.8, 4) is 0 Å². The number of hydrogen-bond acceptors (Lipinski definition) is 3. The van der Waals surface area contributed by atoms with Crippen molar-refractivity contribution in [2.75, 3.05) is 13.1 Å². The largest absolute Gasteiger partial charge is 0.393 e. The first-order valence-electron chi connectivity index (χ1n) is 6.86. The average molecular weight is 242 g/mol. The van der Waals surface area contributed by atoms with Crippen LogP contribution in [0.2, 0.25) is 0 Å². The van der Waals surface area contributed by atoms with E-state index in [1.54, 1.807) is 0 Å². The van der Waals surface area contributed by atoms with Gasteiger partial charge in [0.2, 0.25) is 5.91 Å². The minimum absolute atomic E-state index is 0.0348. The molecule has 4 heteroatoms. The Kier molecular flexibility index (Phi) is 6.52. The summed E-state index contributed by atoms with van der Waals surface area (Å²) in [6.45, 7) is 5.64. The smallest absolute Gasteiger partial charge is 0.237 e. The van der Waals surface area contributed by atoms with Crippen LogP contribution in [0.5, 0.6) is 0 Å². The Balaban J connectivity index is 2.22. The van der Waals surface area contributed by atoms with Gasteiger partial charge in [0.15, 0.2) is 0 Å². The highest BCUT2D eigenvalue weighted by Gasteiger charge is 2.25. The van der Waals surface area contributed by atoms with Crippen molar-refractivity contribution in [3.05, 3.63) is 0 Å². The molecular weight excluding hydrogens is 216 g/mol. The van der Waals surface area contributed by atoms with Gasteiger partial charge in [-0.25, -0.2) is 0 Å².